The van der Waals surface area contributed by atoms with Crippen LogP contribution >= 0.6 is 23.4 Å². The van der Waals surface area contributed by atoms with Gasteiger partial charge >= 0.3 is 0 Å². The third-order valence-electron chi connectivity index (χ3n) is 4.27. The number of unbranched alkanes of at least 4 members (excludes halogenated alkanes) is 1. The summed E-state index contributed by atoms with van der Waals surface area (Å²) in [5, 5.41) is 6.25. The lowest BCUT2D eigenvalue weighted by atomic mass is 10.2. The van der Waals surface area contributed by atoms with E-state index in [1.54, 1.807) is 12.1 Å². The number of hydrogen-bond acceptors (Lipinski definition) is 3. The van der Waals surface area contributed by atoms with Gasteiger partial charge in [0.1, 0.15) is 0 Å². The molecule has 1 unspecified atom stereocenters. The summed E-state index contributed by atoms with van der Waals surface area (Å²) in [4.78, 5) is 25.6. The van der Waals surface area contributed by atoms with Crippen LogP contribution in [0, 0.1) is 6.92 Å². The summed E-state index contributed by atoms with van der Waals surface area (Å²) in [7, 11) is 0. The second-order valence-electron chi connectivity index (χ2n) is 6.64. The summed E-state index contributed by atoms with van der Waals surface area (Å²) < 4.78 is 0. The molecule has 0 aromatic heterocycles. The first-order valence-corrected chi connectivity index (χ1v) is 10.8. The maximum Gasteiger partial charge on any atom is 0.237 e. The van der Waals surface area contributed by atoms with Gasteiger partial charge in [-0.15, -0.1) is 11.8 Å². The van der Waals surface area contributed by atoms with Crippen molar-refractivity contribution in [2.45, 2.75) is 56.6 Å². The van der Waals surface area contributed by atoms with E-state index in [9.17, 15) is 9.59 Å². The lowest BCUT2D eigenvalue weighted by Gasteiger charge is -2.16. The fourth-order valence-electron chi connectivity index (χ4n) is 2.64. The second-order valence-corrected chi connectivity index (χ2v) is 8.36. The van der Waals surface area contributed by atoms with Gasteiger partial charge in [-0.1, -0.05) is 44.0 Å². The number of carbonyl (C=O) groups excluding carboxylic acids is 2. The SMILES string of the molecule is CCCCC(=O)Nc1cccc(SC(CC)C(=O)Nc2cc(Cl)ccc2C)c1. The Labute approximate surface area is 176 Å². The molecule has 2 amide bonds. The number of thioether (sulfide) groups is 1. The molecule has 0 aliphatic rings. The second kappa shape index (κ2) is 11.1. The normalized spacial score (nSPS) is 11.7. The quantitative estimate of drug-likeness (QED) is 0.470. The Bertz CT molecular complexity index is 826. The van der Waals surface area contributed by atoms with Gasteiger partial charge in [0.05, 0.1) is 5.25 Å². The van der Waals surface area contributed by atoms with Crippen LogP contribution in [0.1, 0.15) is 45.1 Å². The number of rotatable bonds is 9. The summed E-state index contributed by atoms with van der Waals surface area (Å²) in [6.45, 7) is 5.98. The summed E-state index contributed by atoms with van der Waals surface area (Å²) in [6, 6.07) is 13.1. The Morgan fingerprint density at radius 3 is 2.61 bits per heavy atom. The van der Waals surface area contributed by atoms with Crippen LogP contribution < -0.4 is 10.6 Å². The van der Waals surface area contributed by atoms with Gasteiger partial charge in [-0.25, -0.2) is 0 Å². The van der Waals surface area contributed by atoms with Crippen molar-refractivity contribution < 1.29 is 9.59 Å². The smallest absolute Gasteiger partial charge is 0.237 e. The van der Waals surface area contributed by atoms with E-state index in [0.717, 1.165) is 34.7 Å². The summed E-state index contributed by atoms with van der Waals surface area (Å²) in [5.41, 5.74) is 2.45. The van der Waals surface area contributed by atoms with Gasteiger partial charge in [-0.3, -0.25) is 9.59 Å². The lowest BCUT2D eigenvalue weighted by Crippen LogP contribution is -2.25. The standard InChI is InChI=1S/C22H27ClN2O2S/c1-4-6-10-21(26)24-17-8-7-9-18(14-17)28-20(5-2)22(27)25-19-13-16(23)12-11-15(19)3/h7-9,11-14,20H,4-6,10H2,1-3H3,(H,24,26)(H,25,27). The Kier molecular flexibility index (Phi) is 8.87. The van der Waals surface area contributed by atoms with E-state index in [4.69, 9.17) is 11.6 Å². The molecule has 2 rings (SSSR count). The highest BCUT2D eigenvalue weighted by Crippen LogP contribution is 2.29. The van der Waals surface area contributed by atoms with Gasteiger partial charge in [0, 0.05) is 27.7 Å². The highest BCUT2D eigenvalue weighted by molar-refractivity contribution is 8.00. The predicted octanol–water partition coefficient (Wildman–Crippen LogP) is 6.29. The van der Waals surface area contributed by atoms with E-state index >= 15 is 0 Å². The first-order chi connectivity index (χ1) is 13.4. The van der Waals surface area contributed by atoms with Crippen LogP contribution in [0.15, 0.2) is 47.4 Å². The number of amides is 2. The molecule has 150 valence electrons. The molecule has 0 aliphatic carbocycles. The van der Waals surface area contributed by atoms with Crippen molar-refractivity contribution in [2.75, 3.05) is 10.6 Å². The van der Waals surface area contributed by atoms with Gasteiger partial charge in [0.15, 0.2) is 0 Å². The molecule has 2 aromatic rings. The monoisotopic (exact) mass is 418 g/mol. The van der Waals surface area contributed by atoms with Crippen molar-refractivity contribution in [3.63, 3.8) is 0 Å². The summed E-state index contributed by atoms with van der Waals surface area (Å²) in [6.07, 6.45) is 3.07. The first kappa shape index (κ1) is 22.3. The highest BCUT2D eigenvalue weighted by atomic mass is 35.5. The molecule has 0 saturated heterocycles. The molecule has 2 N–H and O–H groups in total. The molecule has 0 saturated carbocycles. The molecule has 0 radical (unpaired) electrons. The van der Waals surface area contributed by atoms with Gasteiger partial charge in [-0.05, 0) is 55.7 Å². The Balaban J connectivity index is 2.03. The predicted molar refractivity (Wildman–Crippen MR) is 119 cm³/mol. The van der Waals surface area contributed by atoms with Crippen molar-refractivity contribution in [1.29, 1.82) is 0 Å². The fraction of sp³-hybridized carbons (Fsp3) is 0.364. The van der Waals surface area contributed by atoms with E-state index < -0.39 is 0 Å². The number of nitrogens with one attached hydrogen (secondary N) is 2. The molecule has 0 fully saturated rings. The largest absolute Gasteiger partial charge is 0.326 e. The average molecular weight is 419 g/mol. The molecule has 1 atom stereocenters. The van der Waals surface area contributed by atoms with Gasteiger partial charge < -0.3 is 10.6 Å². The minimum Gasteiger partial charge on any atom is -0.326 e. The molecule has 0 heterocycles. The maximum atomic E-state index is 12.7. The van der Waals surface area contributed by atoms with E-state index in [0.29, 0.717) is 17.9 Å². The molecule has 6 heteroatoms. The van der Waals surface area contributed by atoms with Crippen LogP contribution in [0.2, 0.25) is 5.02 Å². The first-order valence-electron chi connectivity index (χ1n) is 9.56. The average Bonchev–Trinajstić information content (AvgIpc) is 2.67. The van der Waals surface area contributed by atoms with Crippen molar-refractivity contribution >= 4 is 46.6 Å². The van der Waals surface area contributed by atoms with E-state index in [1.807, 2.05) is 44.2 Å². The molecule has 0 aliphatic heterocycles. The Morgan fingerprint density at radius 2 is 1.89 bits per heavy atom. The van der Waals surface area contributed by atoms with Crippen molar-refractivity contribution in [3.05, 3.63) is 53.1 Å². The number of anilines is 2. The number of benzene rings is 2. The zero-order chi connectivity index (χ0) is 20.5. The van der Waals surface area contributed by atoms with Crippen LogP contribution in [0.5, 0.6) is 0 Å². The van der Waals surface area contributed by atoms with Crippen molar-refractivity contribution in [2.24, 2.45) is 0 Å². The third kappa shape index (κ3) is 6.88. The molecule has 28 heavy (non-hydrogen) atoms. The molecule has 0 bridgehead atoms. The van der Waals surface area contributed by atoms with Crippen LogP contribution in [-0.2, 0) is 9.59 Å². The summed E-state index contributed by atoms with van der Waals surface area (Å²) >= 11 is 7.53. The van der Waals surface area contributed by atoms with Crippen LogP contribution in [0.25, 0.3) is 0 Å². The van der Waals surface area contributed by atoms with Crippen LogP contribution in [-0.4, -0.2) is 17.1 Å². The molecular formula is C22H27ClN2O2S. The number of carbonyl (C=O) groups is 2. The van der Waals surface area contributed by atoms with Gasteiger partial charge in [0.2, 0.25) is 11.8 Å². The topological polar surface area (TPSA) is 58.2 Å². The van der Waals surface area contributed by atoms with Crippen molar-refractivity contribution in [3.8, 4) is 0 Å². The Morgan fingerprint density at radius 1 is 1.11 bits per heavy atom. The van der Waals surface area contributed by atoms with Gasteiger partial charge in [0.25, 0.3) is 0 Å². The molecular weight excluding hydrogens is 392 g/mol. The van der Waals surface area contributed by atoms with Crippen molar-refractivity contribution in [1.82, 2.24) is 0 Å². The summed E-state index contributed by atoms with van der Waals surface area (Å²) in [5.74, 6) is -0.0412. The third-order valence-corrected chi connectivity index (χ3v) is 5.87. The van der Waals surface area contributed by atoms with Crippen LogP contribution in [0.4, 0.5) is 11.4 Å². The zero-order valence-electron chi connectivity index (χ0n) is 16.5. The van der Waals surface area contributed by atoms with Gasteiger partial charge in [-0.2, -0.15) is 0 Å². The minimum atomic E-state index is -0.246. The van der Waals surface area contributed by atoms with E-state index in [-0.39, 0.29) is 17.1 Å². The minimum absolute atomic E-state index is 0.0187. The molecule has 0 spiro atoms. The number of aryl methyl sites for hydroxylation is 1. The number of halogens is 1. The van der Waals surface area contributed by atoms with E-state index in [1.165, 1.54) is 11.8 Å². The highest BCUT2D eigenvalue weighted by Gasteiger charge is 2.19. The Hall–Kier alpha value is -1.98. The number of hydrogen-bond donors (Lipinski definition) is 2. The molecule has 4 nitrogen and oxygen atoms in total. The zero-order valence-corrected chi connectivity index (χ0v) is 18.1. The fourth-order valence-corrected chi connectivity index (χ4v) is 3.82. The lowest BCUT2D eigenvalue weighted by molar-refractivity contribution is -0.116. The van der Waals surface area contributed by atoms with E-state index in [2.05, 4.69) is 17.6 Å². The van der Waals surface area contributed by atoms with Crippen LogP contribution in [0.3, 0.4) is 0 Å². The molecule has 2 aromatic carbocycles. The maximum absolute atomic E-state index is 12.7.